The molecule has 1 aromatic carbocycles. The molecule has 0 unspecified atom stereocenters. The summed E-state index contributed by atoms with van der Waals surface area (Å²) in [6.07, 6.45) is 1.54. The highest BCUT2D eigenvalue weighted by Gasteiger charge is 2.06. The molecule has 4 nitrogen and oxygen atoms in total. The number of aromatic nitrogens is 1. The summed E-state index contributed by atoms with van der Waals surface area (Å²) < 4.78 is 10.6. The molecular weight excluding hydrogens is 230 g/mol. The largest absolute Gasteiger partial charge is 0.493 e. The van der Waals surface area contributed by atoms with E-state index in [0.29, 0.717) is 24.7 Å². The summed E-state index contributed by atoms with van der Waals surface area (Å²) in [5, 5.41) is 0.917. The average molecular weight is 245 g/mol. The van der Waals surface area contributed by atoms with Gasteiger partial charge in [-0.15, -0.1) is 0 Å². The number of carbonyl (C=O) groups is 1. The number of hydrogen-bond acceptors (Lipinski definition) is 4. The van der Waals surface area contributed by atoms with Gasteiger partial charge in [0.2, 0.25) is 0 Å². The number of carbonyl (C=O) groups excluding carboxylic acids is 1. The van der Waals surface area contributed by atoms with Gasteiger partial charge in [-0.25, -0.2) is 4.98 Å². The van der Waals surface area contributed by atoms with E-state index in [1.54, 1.807) is 13.2 Å². The van der Waals surface area contributed by atoms with Crippen molar-refractivity contribution in [3.8, 4) is 5.75 Å². The van der Waals surface area contributed by atoms with Gasteiger partial charge in [-0.1, -0.05) is 12.1 Å². The van der Waals surface area contributed by atoms with Gasteiger partial charge < -0.3 is 9.47 Å². The van der Waals surface area contributed by atoms with E-state index in [-0.39, 0.29) is 0 Å². The van der Waals surface area contributed by atoms with E-state index < -0.39 is 0 Å². The molecule has 1 heterocycles. The van der Waals surface area contributed by atoms with Gasteiger partial charge in [0.1, 0.15) is 11.4 Å². The first-order chi connectivity index (χ1) is 8.85. The Balaban J connectivity index is 2.26. The van der Waals surface area contributed by atoms with Gasteiger partial charge >= 0.3 is 0 Å². The average Bonchev–Trinajstić information content (AvgIpc) is 2.43. The van der Waals surface area contributed by atoms with E-state index in [2.05, 4.69) is 4.98 Å². The molecule has 0 saturated carbocycles. The molecule has 2 rings (SSSR count). The molecule has 4 heteroatoms. The molecular formula is C14H15NO3. The van der Waals surface area contributed by atoms with Gasteiger partial charge in [-0.05, 0) is 12.1 Å². The number of pyridine rings is 1. The van der Waals surface area contributed by atoms with E-state index in [1.807, 2.05) is 24.3 Å². The van der Waals surface area contributed by atoms with E-state index in [0.717, 1.165) is 23.6 Å². The number of aldehydes is 1. The van der Waals surface area contributed by atoms with Crippen LogP contribution in [-0.4, -0.2) is 31.6 Å². The zero-order chi connectivity index (χ0) is 12.8. The summed E-state index contributed by atoms with van der Waals surface area (Å²) in [6.45, 7) is 1.21. The molecule has 0 fully saturated rings. The molecule has 0 N–H and O–H groups in total. The third kappa shape index (κ3) is 2.84. The maximum atomic E-state index is 10.8. The van der Waals surface area contributed by atoms with Crippen molar-refractivity contribution in [2.75, 3.05) is 20.3 Å². The number of hydrogen-bond donors (Lipinski definition) is 0. The molecule has 0 saturated heterocycles. The first-order valence-electron chi connectivity index (χ1n) is 5.82. The predicted molar refractivity (Wildman–Crippen MR) is 69.1 cm³/mol. The molecule has 2 aromatic rings. The Hall–Kier alpha value is -1.94. The Morgan fingerprint density at radius 3 is 2.89 bits per heavy atom. The molecule has 0 aliphatic carbocycles. The van der Waals surface area contributed by atoms with Crippen molar-refractivity contribution in [1.29, 1.82) is 0 Å². The minimum Gasteiger partial charge on any atom is -0.493 e. The van der Waals surface area contributed by atoms with Crippen LogP contribution in [0.1, 0.15) is 16.9 Å². The Morgan fingerprint density at radius 2 is 2.11 bits per heavy atom. The van der Waals surface area contributed by atoms with Gasteiger partial charge in [0.15, 0.2) is 6.29 Å². The van der Waals surface area contributed by atoms with Crippen LogP contribution in [0.3, 0.4) is 0 Å². The summed E-state index contributed by atoms with van der Waals surface area (Å²) in [5.41, 5.74) is 1.15. The van der Waals surface area contributed by atoms with Crippen LogP contribution in [0.2, 0.25) is 0 Å². The molecule has 1 aromatic heterocycles. The van der Waals surface area contributed by atoms with Crippen LogP contribution in [0.25, 0.3) is 10.9 Å². The van der Waals surface area contributed by atoms with Crippen molar-refractivity contribution in [3.63, 3.8) is 0 Å². The summed E-state index contributed by atoms with van der Waals surface area (Å²) in [6, 6.07) is 9.28. The number of methoxy groups -OCH3 is 1. The highest BCUT2D eigenvalue weighted by atomic mass is 16.5. The quantitative estimate of drug-likeness (QED) is 0.579. The fourth-order valence-corrected chi connectivity index (χ4v) is 1.73. The topological polar surface area (TPSA) is 48.4 Å². The summed E-state index contributed by atoms with van der Waals surface area (Å²) in [5.74, 6) is 0.693. The summed E-state index contributed by atoms with van der Waals surface area (Å²) in [7, 11) is 1.66. The van der Waals surface area contributed by atoms with Crippen molar-refractivity contribution in [3.05, 3.63) is 36.0 Å². The smallest absolute Gasteiger partial charge is 0.168 e. The highest BCUT2D eigenvalue weighted by Crippen LogP contribution is 2.24. The molecule has 0 spiro atoms. The number of rotatable bonds is 6. The van der Waals surface area contributed by atoms with Gasteiger partial charge in [0.05, 0.1) is 12.1 Å². The first-order valence-corrected chi connectivity index (χ1v) is 5.82. The Kier molecular flexibility index (Phi) is 4.25. The van der Waals surface area contributed by atoms with Crippen LogP contribution in [0, 0.1) is 0 Å². The predicted octanol–water partition coefficient (Wildman–Crippen LogP) is 2.46. The highest BCUT2D eigenvalue weighted by molar-refractivity contribution is 5.88. The number of ether oxygens (including phenoxy) is 2. The second kappa shape index (κ2) is 6.12. The van der Waals surface area contributed by atoms with E-state index in [4.69, 9.17) is 9.47 Å². The summed E-state index contributed by atoms with van der Waals surface area (Å²) >= 11 is 0. The lowest BCUT2D eigenvalue weighted by Gasteiger charge is -2.09. The van der Waals surface area contributed by atoms with Crippen LogP contribution in [-0.2, 0) is 4.74 Å². The third-order valence-electron chi connectivity index (χ3n) is 2.57. The van der Waals surface area contributed by atoms with Crippen LogP contribution in [0.15, 0.2) is 30.3 Å². The van der Waals surface area contributed by atoms with Crippen LogP contribution in [0.5, 0.6) is 5.75 Å². The fraction of sp³-hybridized carbons (Fsp3) is 0.286. The third-order valence-corrected chi connectivity index (χ3v) is 2.57. The Bertz CT molecular complexity index is 540. The van der Waals surface area contributed by atoms with E-state index in [9.17, 15) is 4.79 Å². The number of benzene rings is 1. The van der Waals surface area contributed by atoms with Crippen LogP contribution < -0.4 is 4.74 Å². The lowest BCUT2D eigenvalue weighted by atomic mass is 10.2. The number of nitrogens with zero attached hydrogens (tertiary/aromatic N) is 1. The second-order valence-corrected chi connectivity index (χ2v) is 3.88. The SMILES string of the molecule is COCCCOc1cc(C=O)nc2ccccc12. The van der Waals surface area contributed by atoms with E-state index >= 15 is 0 Å². The van der Waals surface area contributed by atoms with Gasteiger partial charge in [0, 0.05) is 31.6 Å². The summed E-state index contributed by atoms with van der Waals surface area (Å²) in [4.78, 5) is 15.1. The van der Waals surface area contributed by atoms with E-state index in [1.165, 1.54) is 0 Å². The molecule has 0 aliphatic heterocycles. The second-order valence-electron chi connectivity index (χ2n) is 3.88. The van der Waals surface area contributed by atoms with Crippen molar-refractivity contribution >= 4 is 17.2 Å². The van der Waals surface area contributed by atoms with Gasteiger partial charge in [-0.3, -0.25) is 4.79 Å². The molecule has 0 bridgehead atoms. The standard InChI is InChI=1S/C14H15NO3/c1-17-7-4-8-18-14-9-11(10-16)15-13-6-3-2-5-12(13)14/h2-3,5-6,9-10H,4,7-8H2,1H3. The molecule has 18 heavy (non-hydrogen) atoms. The first kappa shape index (κ1) is 12.5. The Labute approximate surface area is 106 Å². The Morgan fingerprint density at radius 1 is 1.28 bits per heavy atom. The lowest BCUT2D eigenvalue weighted by molar-refractivity contribution is 0.111. The molecule has 94 valence electrons. The van der Waals surface area contributed by atoms with Crippen LogP contribution >= 0.6 is 0 Å². The minimum atomic E-state index is 0.385. The molecule has 0 aliphatic rings. The van der Waals surface area contributed by atoms with Crippen molar-refractivity contribution < 1.29 is 14.3 Å². The van der Waals surface area contributed by atoms with Crippen molar-refractivity contribution in [2.24, 2.45) is 0 Å². The zero-order valence-corrected chi connectivity index (χ0v) is 10.3. The normalized spacial score (nSPS) is 10.5. The number of para-hydroxylation sites is 1. The fourth-order valence-electron chi connectivity index (χ4n) is 1.73. The van der Waals surface area contributed by atoms with Crippen molar-refractivity contribution in [2.45, 2.75) is 6.42 Å². The number of fused-ring (bicyclic) bond motifs is 1. The molecule has 0 amide bonds. The maximum absolute atomic E-state index is 10.8. The zero-order valence-electron chi connectivity index (χ0n) is 10.3. The van der Waals surface area contributed by atoms with Crippen LogP contribution in [0.4, 0.5) is 0 Å². The molecule has 0 radical (unpaired) electrons. The lowest BCUT2D eigenvalue weighted by Crippen LogP contribution is -2.02. The minimum absolute atomic E-state index is 0.385. The maximum Gasteiger partial charge on any atom is 0.168 e. The van der Waals surface area contributed by atoms with Crippen molar-refractivity contribution in [1.82, 2.24) is 4.98 Å². The van der Waals surface area contributed by atoms with Gasteiger partial charge in [-0.2, -0.15) is 0 Å². The monoisotopic (exact) mass is 245 g/mol. The molecule has 0 atom stereocenters. The van der Waals surface area contributed by atoms with Gasteiger partial charge in [0.25, 0.3) is 0 Å².